The van der Waals surface area contributed by atoms with Gasteiger partial charge in [-0.2, -0.15) is 22.0 Å². The first-order chi connectivity index (χ1) is 19.2. The van der Waals surface area contributed by atoms with Crippen molar-refractivity contribution in [2.75, 3.05) is 18.7 Å². The molecule has 1 fully saturated rings. The van der Waals surface area contributed by atoms with Crippen LogP contribution in [-0.4, -0.2) is 48.0 Å². The van der Waals surface area contributed by atoms with Gasteiger partial charge in [0.05, 0.1) is 42.7 Å². The van der Waals surface area contributed by atoms with E-state index in [1.165, 1.54) is 4.90 Å². The molecule has 2 amide bonds. The quantitative estimate of drug-likeness (QED) is 0.239. The van der Waals surface area contributed by atoms with Crippen LogP contribution in [0.2, 0.25) is 5.15 Å². The van der Waals surface area contributed by atoms with E-state index in [-0.39, 0.29) is 29.3 Å². The van der Waals surface area contributed by atoms with Gasteiger partial charge in [0.15, 0.2) is 6.67 Å². The van der Waals surface area contributed by atoms with Gasteiger partial charge in [-0.1, -0.05) is 11.6 Å². The minimum atomic E-state index is -4.74. The molecule has 2 heterocycles. The molecule has 1 aliphatic heterocycles. The summed E-state index contributed by atoms with van der Waals surface area (Å²) in [6.45, 7) is 0.774. The zero-order valence-corrected chi connectivity index (χ0v) is 23.1. The van der Waals surface area contributed by atoms with Crippen LogP contribution in [0.4, 0.5) is 41.6 Å². The molecule has 0 spiro atoms. The molecule has 0 saturated heterocycles. The van der Waals surface area contributed by atoms with Crippen molar-refractivity contribution in [1.29, 1.82) is 0 Å². The number of alkyl halides is 6. The predicted molar refractivity (Wildman–Crippen MR) is 136 cm³/mol. The molecule has 14 heteroatoms. The number of nitrogens with zero attached hydrogens (tertiary/aromatic N) is 3. The summed E-state index contributed by atoms with van der Waals surface area (Å²) in [6, 6.07) is 2.90. The van der Waals surface area contributed by atoms with Crippen LogP contribution in [-0.2, 0) is 28.1 Å². The number of carbonyl (C=O) groups is 2. The molecule has 7 nitrogen and oxygen atoms in total. The number of amides is 2. The normalized spacial score (nSPS) is 19.1. The lowest BCUT2D eigenvalue weighted by atomic mass is 9.87. The zero-order valence-electron chi connectivity index (χ0n) is 22.4. The Morgan fingerprint density at radius 1 is 1.12 bits per heavy atom. The van der Waals surface area contributed by atoms with Gasteiger partial charge >= 0.3 is 24.3 Å². The maximum atomic E-state index is 14.1. The van der Waals surface area contributed by atoms with Crippen LogP contribution >= 0.6 is 11.6 Å². The Kier molecular flexibility index (Phi) is 8.68. The Labute approximate surface area is 237 Å². The molecule has 41 heavy (non-hydrogen) atoms. The number of ether oxygens (including phenoxy) is 2. The fourth-order valence-corrected chi connectivity index (χ4v) is 5.27. The number of methoxy groups -OCH3 is 1. The summed E-state index contributed by atoms with van der Waals surface area (Å²) in [5.41, 5.74) is -1.85. The van der Waals surface area contributed by atoms with Crippen LogP contribution in [0.5, 0.6) is 0 Å². The number of carbonyl (C=O) groups excluding carboxylic acids is 2. The highest BCUT2D eigenvalue weighted by molar-refractivity contribution is 6.29. The molecule has 1 aromatic heterocycles. The molecule has 1 aliphatic carbocycles. The van der Waals surface area contributed by atoms with Gasteiger partial charge in [0.1, 0.15) is 5.15 Å². The van der Waals surface area contributed by atoms with E-state index < -0.39 is 72.0 Å². The monoisotopic (exact) mass is 607 g/mol. The first-order valence-electron chi connectivity index (χ1n) is 12.8. The summed E-state index contributed by atoms with van der Waals surface area (Å²) in [7, 11) is 1.06. The molecule has 1 saturated carbocycles. The van der Waals surface area contributed by atoms with Crippen molar-refractivity contribution < 1.29 is 45.4 Å². The van der Waals surface area contributed by atoms with Crippen LogP contribution in [0.15, 0.2) is 30.3 Å². The first kappa shape index (κ1) is 30.7. The van der Waals surface area contributed by atoms with E-state index in [1.807, 2.05) is 0 Å². The van der Waals surface area contributed by atoms with Crippen LogP contribution in [0.25, 0.3) is 0 Å². The standard InChI is InChI=1S/C27H28ClF6N3O4/c1-14(2)41-25(39)37-20-7-6-16(27(32,33)34)9-19(20)22(11-21(37)15-4-5-15)36(24(38)40-3)12-18-8-17(10-23(28)35-18)26(30,31)13-29/h6-10,14-15,21-22H,4-5,11-13H2,1-3H3/t21-,22-/m1/s1. The summed E-state index contributed by atoms with van der Waals surface area (Å²) in [4.78, 5) is 32.7. The molecule has 0 N–H and O–H groups in total. The number of hydrogen-bond donors (Lipinski definition) is 0. The summed E-state index contributed by atoms with van der Waals surface area (Å²) >= 11 is 5.93. The van der Waals surface area contributed by atoms with E-state index in [0.717, 1.165) is 55.2 Å². The van der Waals surface area contributed by atoms with Gasteiger partial charge in [0, 0.05) is 11.6 Å². The summed E-state index contributed by atoms with van der Waals surface area (Å²) < 4.78 is 93.1. The second-order valence-electron chi connectivity index (χ2n) is 10.3. The van der Waals surface area contributed by atoms with Crippen molar-refractivity contribution in [3.05, 3.63) is 57.9 Å². The third-order valence-corrected chi connectivity index (χ3v) is 7.22. The smallest absolute Gasteiger partial charge is 0.416 e. The maximum Gasteiger partial charge on any atom is 0.416 e. The van der Waals surface area contributed by atoms with Gasteiger partial charge in [0.2, 0.25) is 0 Å². The van der Waals surface area contributed by atoms with Crippen molar-refractivity contribution in [1.82, 2.24) is 9.88 Å². The first-order valence-corrected chi connectivity index (χ1v) is 13.2. The molecule has 0 radical (unpaired) electrons. The predicted octanol–water partition coefficient (Wildman–Crippen LogP) is 7.66. The van der Waals surface area contributed by atoms with E-state index in [0.29, 0.717) is 0 Å². The van der Waals surface area contributed by atoms with Crippen LogP contribution in [0, 0.1) is 5.92 Å². The molecule has 2 aliphatic rings. The van der Waals surface area contributed by atoms with E-state index in [1.54, 1.807) is 13.8 Å². The Morgan fingerprint density at radius 3 is 2.37 bits per heavy atom. The molecular formula is C27H28ClF6N3O4. The van der Waals surface area contributed by atoms with Crippen molar-refractivity contribution in [2.45, 2.75) is 69.9 Å². The second-order valence-corrected chi connectivity index (χ2v) is 10.7. The molecule has 2 atom stereocenters. The minimum absolute atomic E-state index is 0.00806. The number of hydrogen-bond acceptors (Lipinski definition) is 5. The van der Waals surface area contributed by atoms with Crippen LogP contribution in [0.1, 0.15) is 61.5 Å². The van der Waals surface area contributed by atoms with E-state index in [9.17, 15) is 35.9 Å². The van der Waals surface area contributed by atoms with Gasteiger partial charge < -0.3 is 9.47 Å². The largest absolute Gasteiger partial charge is 0.453 e. The lowest BCUT2D eigenvalue weighted by molar-refractivity contribution is -0.137. The summed E-state index contributed by atoms with van der Waals surface area (Å²) in [5.74, 6) is -3.89. The highest BCUT2D eigenvalue weighted by Gasteiger charge is 2.48. The van der Waals surface area contributed by atoms with Gasteiger partial charge in [-0.15, -0.1) is 0 Å². The number of pyridine rings is 1. The topological polar surface area (TPSA) is 72.0 Å². The Hall–Kier alpha value is -3.22. The van der Waals surface area contributed by atoms with Crippen molar-refractivity contribution in [2.24, 2.45) is 5.92 Å². The molecule has 0 bridgehead atoms. The molecule has 0 unspecified atom stereocenters. The second kappa shape index (κ2) is 11.6. The molecule has 224 valence electrons. The Bertz CT molecular complexity index is 1300. The summed E-state index contributed by atoms with van der Waals surface area (Å²) in [6.07, 6.45) is -5.47. The maximum absolute atomic E-state index is 14.1. The number of benzene rings is 1. The average molecular weight is 608 g/mol. The van der Waals surface area contributed by atoms with Gasteiger partial charge in [0.25, 0.3) is 0 Å². The number of aromatic nitrogens is 1. The Balaban J connectivity index is 1.85. The summed E-state index contributed by atoms with van der Waals surface area (Å²) in [5, 5.41) is -0.391. The van der Waals surface area contributed by atoms with Crippen molar-refractivity contribution in [3.63, 3.8) is 0 Å². The molecular weight excluding hydrogens is 580 g/mol. The number of halogens is 7. The lowest BCUT2D eigenvalue weighted by Gasteiger charge is -2.44. The van der Waals surface area contributed by atoms with E-state index in [4.69, 9.17) is 21.1 Å². The number of fused-ring (bicyclic) bond motifs is 1. The zero-order chi connectivity index (χ0) is 30.3. The number of rotatable bonds is 7. The van der Waals surface area contributed by atoms with Gasteiger partial charge in [-0.05, 0) is 74.9 Å². The van der Waals surface area contributed by atoms with E-state index >= 15 is 0 Å². The fourth-order valence-electron chi connectivity index (χ4n) is 5.04. The molecule has 2 aromatic rings. The minimum Gasteiger partial charge on any atom is -0.453 e. The lowest BCUT2D eigenvalue weighted by Crippen LogP contribution is -2.50. The highest BCUT2D eigenvalue weighted by Crippen LogP contribution is 2.50. The van der Waals surface area contributed by atoms with E-state index in [2.05, 4.69) is 4.98 Å². The molecule has 1 aromatic carbocycles. The fraction of sp³-hybridized carbons (Fsp3) is 0.519. The SMILES string of the molecule is COC(=O)N(Cc1cc(C(F)(F)CF)cc(Cl)n1)[C@@H]1C[C@H](C2CC2)N(C(=O)OC(C)C)c2ccc(C(F)(F)F)cc21. The third-order valence-electron chi connectivity index (χ3n) is 7.02. The molecule has 4 rings (SSSR count). The Morgan fingerprint density at radius 2 is 1.80 bits per heavy atom. The van der Waals surface area contributed by atoms with Crippen LogP contribution in [0.3, 0.4) is 0 Å². The van der Waals surface area contributed by atoms with Gasteiger partial charge in [-0.25, -0.2) is 19.0 Å². The van der Waals surface area contributed by atoms with Gasteiger partial charge in [-0.3, -0.25) is 9.80 Å². The highest BCUT2D eigenvalue weighted by atomic mass is 35.5. The van der Waals surface area contributed by atoms with Crippen molar-refractivity contribution >= 4 is 29.5 Å². The van der Waals surface area contributed by atoms with Crippen molar-refractivity contribution in [3.8, 4) is 0 Å². The van der Waals surface area contributed by atoms with Crippen LogP contribution < -0.4 is 4.90 Å². The average Bonchev–Trinajstić information content (AvgIpc) is 3.74. The third kappa shape index (κ3) is 6.65. The number of anilines is 1.